The van der Waals surface area contributed by atoms with Gasteiger partial charge in [0.2, 0.25) is 5.91 Å². The molecule has 2 heterocycles. The molecule has 1 aromatic heterocycles. The Morgan fingerprint density at radius 1 is 1.19 bits per heavy atom. The molecule has 4 atom stereocenters. The normalized spacial score (nSPS) is 25.4. The van der Waals surface area contributed by atoms with E-state index in [1.54, 1.807) is 4.90 Å². The van der Waals surface area contributed by atoms with Gasteiger partial charge in [-0.2, -0.15) is 13.2 Å². The second kappa shape index (κ2) is 10.4. The van der Waals surface area contributed by atoms with Crippen LogP contribution in [0.2, 0.25) is 0 Å². The number of rotatable bonds is 7. The summed E-state index contributed by atoms with van der Waals surface area (Å²) in [7, 11) is -1.21. The van der Waals surface area contributed by atoms with Crippen molar-refractivity contribution in [2.45, 2.75) is 69.9 Å². The molecule has 0 bridgehead atoms. The summed E-state index contributed by atoms with van der Waals surface area (Å²) in [5.41, 5.74) is -0.474. The predicted octanol–water partition coefficient (Wildman–Crippen LogP) is 3.58. The second-order valence-corrected chi connectivity index (χ2v) is 12.8. The number of hydrogen-bond donors (Lipinski definition) is 1. The van der Waals surface area contributed by atoms with Crippen molar-refractivity contribution in [1.82, 2.24) is 19.8 Å². The SMILES string of the molecule is CC(C)N(C)[C@@H]1CC[C@H](N2CC[C@H](Nc3ncnc4ccc(C(F)(F)F)cc34)C2=O)[C@@H](CS(C)(=O)=O)C1. The topological polar surface area (TPSA) is 95.5 Å². The lowest BCUT2D eigenvalue weighted by atomic mass is 9.81. The van der Waals surface area contributed by atoms with Gasteiger partial charge in [-0.15, -0.1) is 0 Å². The minimum absolute atomic E-state index is 0.0126. The Morgan fingerprint density at radius 3 is 2.57 bits per heavy atom. The quantitative estimate of drug-likeness (QED) is 0.573. The zero-order valence-electron chi connectivity index (χ0n) is 21.5. The van der Waals surface area contributed by atoms with E-state index < -0.39 is 27.6 Å². The molecule has 1 saturated carbocycles. The summed E-state index contributed by atoms with van der Waals surface area (Å²) in [5.74, 6) is -0.185. The second-order valence-electron chi connectivity index (χ2n) is 10.6. The van der Waals surface area contributed by atoms with Gasteiger partial charge in [0.1, 0.15) is 28.0 Å². The van der Waals surface area contributed by atoms with E-state index in [-0.39, 0.29) is 40.9 Å². The highest BCUT2D eigenvalue weighted by atomic mass is 32.2. The third kappa shape index (κ3) is 6.17. The third-order valence-corrected chi connectivity index (χ3v) is 8.77. The first kappa shape index (κ1) is 27.6. The van der Waals surface area contributed by atoms with E-state index in [1.165, 1.54) is 18.6 Å². The molecule has 204 valence electrons. The van der Waals surface area contributed by atoms with Crippen LogP contribution in [0.1, 0.15) is 45.1 Å². The van der Waals surface area contributed by atoms with Gasteiger partial charge in [0.25, 0.3) is 0 Å². The van der Waals surface area contributed by atoms with Gasteiger partial charge < -0.3 is 15.1 Å². The molecule has 1 aromatic carbocycles. The van der Waals surface area contributed by atoms with E-state index >= 15 is 0 Å². The summed E-state index contributed by atoms with van der Waals surface area (Å²) in [6.07, 6.45) is 0.656. The Bertz CT molecular complexity index is 1250. The third-order valence-electron chi connectivity index (χ3n) is 7.74. The van der Waals surface area contributed by atoms with Gasteiger partial charge in [-0.25, -0.2) is 18.4 Å². The predicted molar refractivity (Wildman–Crippen MR) is 136 cm³/mol. The number of aromatic nitrogens is 2. The van der Waals surface area contributed by atoms with E-state index in [1.807, 2.05) is 7.05 Å². The van der Waals surface area contributed by atoms with Crippen molar-refractivity contribution in [1.29, 1.82) is 0 Å². The Morgan fingerprint density at radius 2 is 1.92 bits per heavy atom. The van der Waals surface area contributed by atoms with Crippen LogP contribution in [0.15, 0.2) is 24.5 Å². The van der Waals surface area contributed by atoms with E-state index in [9.17, 15) is 26.4 Å². The van der Waals surface area contributed by atoms with Crippen LogP contribution in [0.25, 0.3) is 10.9 Å². The van der Waals surface area contributed by atoms with Crippen LogP contribution >= 0.6 is 0 Å². The fourth-order valence-corrected chi connectivity index (χ4v) is 6.81. The van der Waals surface area contributed by atoms with E-state index in [4.69, 9.17) is 0 Å². The van der Waals surface area contributed by atoms with Crippen LogP contribution in [0.3, 0.4) is 0 Å². The first-order valence-electron chi connectivity index (χ1n) is 12.5. The number of nitrogens with one attached hydrogen (secondary N) is 1. The Hall–Kier alpha value is -2.47. The minimum atomic E-state index is -4.52. The highest BCUT2D eigenvalue weighted by molar-refractivity contribution is 7.90. The van der Waals surface area contributed by atoms with Crippen molar-refractivity contribution in [2.24, 2.45) is 5.92 Å². The lowest BCUT2D eigenvalue weighted by Gasteiger charge is -2.44. The molecule has 1 saturated heterocycles. The van der Waals surface area contributed by atoms with Gasteiger partial charge in [0, 0.05) is 36.3 Å². The molecule has 2 aromatic rings. The molecular weight excluding hydrogens is 507 g/mol. The van der Waals surface area contributed by atoms with Crippen LogP contribution in [-0.4, -0.2) is 83.9 Å². The number of sulfone groups is 1. The maximum atomic E-state index is 13.5. The molecule has 8 nitrogen and oxygen atoms in total. The van der Waals surface area contributed by atoms with Crippen molar-refractivity contribution < 1.29 is 26.4 Å². The van der Waals surface area contributed by atoms with E-state index in [0.717, 1.165) is 18.6 Å². The zero-order valence-corrected chi connectivity index (χ0v) is 22.3. The maximum absolute atomic E-state index is 13.5. The number of carbonyl (C=O) groups excluding carboxylic acids is 1. The molecule has 1 aliphatic heterocycles. The summed E-state index contributed by atoms with van der Waals surface area (Å²) >= 11 is 0. The molecule has 1 aliphatic carbocycles. The molecule has 12 heteroatoms. The molecule has 0 radical (unpaired) electrons. The van der Waals surface area contributed by atoms with Crippen LogP contribution < -0.4 is 5.32 Å². The van der Waals surface area contributed by atoms with Crippen molar-refractivity contribution in [3.05, 3.63) is 30.1 Å². The molecule has 0 unspecified atom stereocenters. The molecular formula is C25H34F3N5O3S. The van der Waals surface area contributed by atoms with Gasteiger partial charge in [-0.05, 0) is 70.7 Å². The number of carbonyl (C=O) groups is 1. The van der Waals surface area contributed by atoms with Crippen LogP contribution in [0, 0.1) is 5.92 Å². The fraction of sp³-hybridized carbons (Fsp3) is 0.640. The number of likely N-dealkylation sites (tertiary alicyclic amines) is 1. The number of nitrogens with zero attached hydrogens (tertiary/aromatic N) is 4. The largest absolute Gasteiger partial charge is 0.416 e. The zero-order chi connectivity index (χ0) is 27.1. The number of fused-ring (bicyclic) bond motifs is 1. The maximum Gasteiger partial charge on any atom is 0.416 e. The Kier molecular flexibility index (Phi) is 7.72. The highest BCUT2D eigenvalue weighted by Gasteiger charge is 2.43. The number of halogens is 3. The molecule has 4 rings (SSSR count). The number of benzene rings is 1. The summed E-state index contributed by atoms with van der Waals surface area (Å²) < 4.78 is 64.4. The van der Waals surface area contributed by atoms with E-state index in [2.05, 4.69) is 34.0 Å². The summed E-state index contributed by atoms with van der Waals surface area (Å²) in [4.78, 5) is 25.7. The Balaban J connectivity index is 1.54. The summed E-state index contributed by atoms with van der Waals surface area (Å²) in [5, 5.41) is 3.24. The number of anilines is 1. The average molecular weight is 542 g/mol. The molecule has 2 fully saturated rings. The highest BCUT2D eigenvalue weighted by Crippen LogP contribution is 2.36. The molecule has 37 heavy (non-hydrogen) atoms. The van der Waals surface area contributed by atoms with Crippen molar-refractivity contribution >= 4 is 32.5 Å². The van der Waals surface area contributed by atoms with Crippen molar-refractivity contribution in [2.75, 3.05) is 30.9 Å². The van der Waals surface area contributed by atoms with Gasteiger partial charge in [-0.3, -0.25) is 4.79 Å². The Labute approximate surface area is 215 Å². The molecule has 2 aliphatic rings. The van der Waals surface area contributed by atoms with Crippen molar-refractivity contribution in [3.8, 4) is 0 Å². The molecule has 1 N–H and O–H groups in total. The monoisotopic (exact) mass is 541 g/mol. The average Bonchev–Trinajstić information content (AvgIpc) is 3.16. The first-order valence-corrected chi connectivity index (χ1v) is 14.6. The number of amides is 1. The van der Waals surface area contributed by atoms with Crippen LogP contribution in [0.5, 0.6) is 0 Å². The molecule has 1 amide bonds. The van der Waals surface area contributed by atoms with Crippen LogP contribution in [0.4, 0.5) is 19.0 Å². The first-order chi connectivity index (χ1) is 17.2. The minimum Gasteiger partial charge on any atom is -0.358 e. The van der Waals surface area contributed by atoms with Crippen molar-refractivity contribution in [3.63, 3.8) is 0 Å². The lowest BCUT2D eigenvalue weighted by molar-refractivity contribution is -0.137. The van der Waals surface area contributed by atoms with Gasteiger partial charge in [-0.1, -0.05) is 0 Å². The molecule has 0 spiro atoms. The smallest absolute Gasteiger partial charge is 0.358 e. The van der Waals surface area contributed by atoms with Gasteiger partial charge in [0.15, 0.2) is 0 Å². The standard InChI is InChI=1S/C25H34F3N5O3S/c1-15(2)32(3)18-6-8-22(16(11-18)13-37(4,35)36)33-10-9-21(24(33)34)31-23-19-12-17(25(26,27)28)5-7-20(19)29-14-30-23/h5,7,12,14-16,18,21-22H,6,8-11,13H2,1-4H3,(H,29,30,31)/t16-,18-,21+,22+/m1/s1. The fourth-order valence-electron chi connectivity index (χ4n) is 5.67. The summed E-state index contributed by atoms with van der Waals surface area (Å²) in [6, 6.07) is 2.94. The number of alkyl halides is 3. The van der Waals surface area contributed by atoms with Gasteiger partial charge >= 0.3 is 6.18 Å². The van der Waals surface area contributed by atoms with Gasteiger partial charge in [0.05, 0.1) is 16.8 Å². The van der Waals surface area contributed by atoms with E-state index in [0.29, 0.717) is 37.4 Å². The van der Waals surface area contributed by atoms with Crippen LogP contribution in [-0.2, 0) is 20.8 Å². The summed E-state index contributed by atoms with van der Waals surface area (Å²) in [6.45, 7) is 4.65. The lowest BCUT2D eigenvalue weighted by Crippen LogP contribution is -2.52. The number of hydrogen-bond acceptors (Lipinski definition) is 7.